The van der Waals surface area contributed by atoms with Crippen molar-refractivity contribution < 1.29 is 9.53 Å². The van der Waals surface area contributed by atoms with Crippen molar-refractivity contribution in [2.24, 2.45) is 0 Å². The minimum Gasteiger partial charge on any atom is -0.379 e. The van der Waals surface area contributed by atoms with Crippen molar-refractivity contribution >= 4 is 11.7 Å². The summed E-state index contributed by atoms with van der Waals surface area (Å²) < 4.78 is 7.06. The fraction of sp³-hybridized carbons (Fsp3) is 0.647. The normalized spacial score (nSPS) is 15.6. The number of nitrogens with one attached hydrogen (secondary N) is 1. The molecule has 0 spiro atoms. The van der Waals surface area contributed by atoms with Crippen LogP contribution in [-0.4, -0.2) is 69.8 Å². The minimum atomic E-state index is 0.0828. The van der Waals surface area contributed by atoms with Crippen molar-refractivity contribution in [2.75, 3.05) is 39.4 Å². The highest BCUT2D eigenvalue weighted by Crippen LogP contribution is 2.14. The number of nitrogens with zero attached hydrogens (tertiary/aromatic N) is 5. The topological polar surface area (TPSA) is 84.6 Å². The summed E-state index contributed by atoms with van der Waals surface area (Å²) in [5, 5.41) is 7.19. The average Bonchev–Trinajstić information content (AvgIpc) is 3.08. The van der Waals surface area contributed by atoms with Crippen molar-refractivity contribution in [2.45, 2.75) is 33.1 Å². The molecule has 0 saturated carbocycles. The van der Waals surface area contributed by atoms with Crippen LogP contribution in [0.25, 0.3) is 5.78 Å². The Bertz CT molecular complexity index is 723. The lowest BCUT2D eigenvalue weighted by atomic mass is 10.1. The second-order valence-corrected chi connectivity index (χ2v) is 6.39. The van der Waals surface area contributed by atoms with Crippen LogP contribution in [0.1, 0.15) is 29.8 Å². The summed E-state index contributed by atoms with van der Waals surface area (Å²) in [7, 11) is 0. The van der Waals surface area contributed by atoms with Crippen LogP contribution < -0.4 is 5.32 Å². The zero-order chi connectivity index (χ0) is 17.6. The number of hydrogen-bond donors (Lipinski definition) is 1. The van der Waals surface area contributed by atoms with Gasteiger partial charge in [-0.05, 0) is 38.8 Å². The van der Waals surface area contributed by atoms with Crippen LogP contribution in [0.2, 0.25) is 0 Å². The second kappa shape index (κ2) is 8.35. The van der Waals surface area contributed by atoms with Gasteiger partial charge in [-0.3, -0.25) is 9.69 Å². The van der Waals surface area contributed by atoms with Gasteiger partial charge >= 0.3 is 0 Å². The van der Waals surface area contributed by atoms with E-state index in [0.29, 0.717) is 25.2 Å². The fourth-order valence-electron chi connectivity index (χ4n) is 3.20. The summed E-state index contributed by atoms with van der Waals surface area (Å²) in [6, 6.07) is 0. The minimum absolute atomic E-state index is 0.0828. The molecule has 2 aromatic heterocycles. The number of morpholine rings is 1. The largest absolute Gasteiger partial charge is 0.379 e. The number of aryl methyl sites for hydroxylation is 2. The molecule has 1 aliphatic rings. The van der Waals surface area contributed by atoms with Crippen molar-refractivity contribution in [1.29, 1.82) is 0 Å². The van der Waals surface area contributed by atoms with Gasteiger partial charge < -0.3 is 10.1 Å². The fourth-order valence-corrected chi connectivity index (χ4v) is 3.20. The Morgan fingerprint density at radius 1 is 1.32 bits per heavy atom. The standard InChI is InChI=1S/C17H26N6O2/c1-13-15(14(2)23-17(21-13)19-12-20-23)4-5-16(24)18-6-3-7-22-8-10-25-11-9-22/h12H,3-11H2,1-2H3,(H,18,24). The predicted octanol–water partition coefficient (Wildman–Crippen LogP) is 0.512. The van der Waals surface area contributed by atoms with Crippen LogP contribution in [0, 0.1) is 13.8 Å². The maximum Gasteiger partial charge on any atom is 0.252 e. The molecule has 8 nitrogen and oxygen atoms in total. The SMILES string of the molecule is Cc1nc2ncnn2c(C)c1CCC(=O)NCCCN1CCOCC1. The smallest absolute Gasteiger partial charge is 0.252 e. The molecule has 0 aromatic carbocycles. The summed E-state index contributed by atoms with van der Waals surface area (Å²) in [4.78, 5) is 23.0. The molecule has 3 heterocycles. The number of ether oxygens (including phenoxy) is 1. The van der Waals surface area contributed by atoms with E-state index in [2.05, 4.69) is 25.3 Å². The molecular weight excluding hydrogens is 320 g/mol. The lowest BCUT2D eigenvalue weighted by Gasteiger charge is -2.26. The monoisotopic (exact) mass is 346 g/mol. The second-order valence-electron chi connectivity index (χ2n) is 6.39. The lowest BCUT2D eigenvalue weighted by molar-refractivity contribution is -0.121. The van der Waals surface area contributed by atoms with E-state index in [1.807, 2.05) is 13.8 Å². The molecule has 1 amide bonds. The van der Waals surface area contributed by atoms with Gasteiger partial charge in [0.05, 0.1) is 13.2 Å². The predicted molar refractivity (Wildman–Crippen MR) is 93.5 cm³/mol. The first-order chi connectivity index (χ1) is 12.1. The molecule has 0 atom stereocenters. The molecule has 3 rings (SSSR count). The Balaban J connectivity index is 1.43. The first-order valence-corrected chi connectivity index (χ1v) is 8.88. The average molecular weight is 346 g/mol. The number of hydrogen-bond acceptors (Lipinski definition) is 6. The molecule has 1 N–H and O–H groups in total. The van der Waals surface area contributed by atoms with Crippen LogP contribution in [-0.2, 0) is 16.0 Å². The highest BCUT2D eigenvalue weighted by Gasteiger charge is 2.13. The maximum atomic E-state index is 12.1. The van der Waals surface area contributed by atoms with E-state index in [1.165, 1.54) is 6.33 Å². The van der Waals surface area contributed by atoms with Gasteiger partial charge in [0, 0.05) is 37.4 Å². The van der Waals surface area contributed by atoms with Crippen molar-refractivity contribution in [3.05, 3.63) is 23.3 Å². The number of amides is 1. The van der Waals surface area contributed by atoms with Crippen LogP contribution in [0.3, 0.4) is 0 Å². The zero-order valence-electron chi connectivity index (χ0n) is 15.0. The Labute approximate surface area is 147 Å². The van der Waals surface area contributed by atoms with E-state index in [1.54, 1.807) is 4.52 Å². The molecule has 0 aliphatic carbocycles. The number of rotatable bonds is 7. The van der Waals surface area contributed by atoms with E-state index in [0.717, 1.165) is 56.2 Å². The molecule has 1 fully saturated rings. The van der Waals surface area contributed by atoms with Gasteiger partial charge in [0.25, 0.3) is 5.78 Å². The Kier molecular flexibility index (Phi) is 5.93. The molecule has 1 saturated heterocycles. The molecule has 0 bridgehead atoms. The lowest BCUT2D eigenvalue weighted by Crippen LogP contribution is -2.38. The number of carbonyl (C=O) groups is 1. The van der Waals surface area contributed by atoms with E-state index in [9.17, 15) is 4.79 Å². The highest BCUT2D eigenvalue weighted by molar-refractivity contribution is 5.76. The summed E-state index contributed by atoms with van der Waals surface area (Å²) in [6.45, 7) is 9.28. The van der Waals surface area contributed by atoms with Crippen LogP contribution in [0.5, 0.6) is 0 Å². The van der Waals surface area contributed by atoms with Crippen LogP contribution >= 0.6 is 0 Å². The van der Waals surface area contributed by atoms with Crippen molar-refractivity contribution in [3.8, 4) is 0 Å². The van der Waals surface area contributed by atoms with Gasteiger partial charge in [0.15, 0.2) is 0 Å². The molecule has 25 heavy (non-hydrogen) atoms. The van der Waals surface area contributed by atoms with Crippen molar-refractivity contribution in [3.63, 3.8) is 0 Å². The van der Waals surface area contributed by atoms with E-state index < -0.39 is 0 Å². The third-order valence-corrected chi connectivity index (χ3v) is 4.67. The van der Waals surface area contributed by atoms with E-state index in [4.69, 9.17) is 4.74 Å². The number of aromatic nitrogens is 4. The number of fused-ring (bicyclic) bond motifs is 1. The van der Waals surface area contributed by atoms with Gasteiger partial charge in [-0.25, -0.2) is 9.50 Å². The van der Waals surface area contributed by atoms with Crippen LogP contribution in [0.4, 0.5) is 0 Å². The van der Waals surface area contributed by atoms with Gasteiger partial charge in [0.2, 0.25) is 5.91 Å². The van der Waals surface area contributed by atoms with Gasteiger partial charge in [-0.1, -0.05) is 0 Å². The van der Waals surface area contributed by atoms with E-state index >= 15 is 0 Å². The zero-order valence-corrected chi connectivity index (χ0v) is 15.0. The summed E-state index contributed by atoms with van der Waals surface area (Å²) in [6.07, 6.45) is 3.59. The Morgan fingerprint density at radius 3 is 2.92 bits per heavy atom. The van der Waals surface area contributed by atoms with E-state index in [-0.39, 0.29) is 5.91 Å². The summed E-state index contributed by atoms with van der Waals surface area (Å²) in [5.74, 6) is 0.686. The third kappa shape index (κ3) is 4.52. The van der Waals surface area contributed by atoms with Gasteiger partial charge in [-0.2, -0.15) is 10.1 Å². The highest BCUT2D eigenvalue weighted by atomic mass is 16.5. The molecular formula is C17H26N6O2. The molecule has 1 aliphatic heterocycles. The quantitative estimate of drug-likeness (QED) is 0.736. The van der Waals surface area contributed by atoms with Crippen molar-refractivity contribution in [1.82, 2.24) is 29.8 Å². The third-order valence-electron chi connectivity index (χ3n) is 4.67. The number of carbonyl (C=O) groups excluding carboxylic acids is 1. The first-order valence-electron chi connectivity index (χ1n) is 8.88. The molecule has 8 heteroatoms. The molecule has 0 unspecified atom stereocenters. The maximum absolute atomic E-state index is 12.1. The molecule has 2 aromatic rings. The van der Waals surface area contributed by atoms with Crippen LogP contribution in [0.15, 0.2) is 6.33 Å². The summed E-state index contributed by atoms with van der Waals surface area (Å²) >= 11 is 0. The molecule has 0 radical (unpaired) electrons. The van der Waals surface area contributed by atoms with Gasteiger partial charge in [0.1, 0.15) is 6.33 Å². The van der Waals surface area contributed by atoms with Gasteiger partial charge in [-0.15, -0.1) is 0 Å². The summed E-state index contributed by atoms with van der Waals surface area (Å²) in [5.41, 5.74) is 2.99. The Hall–Kier alpha value is -2.06. The first kappa shape index (κ1) is 17.8. The molecule has 136 valence electrons. The Morgan fingerprint density at radius 2 is 2.12 bits per heavy atom.